The Balaban J connectivity index is 0.797. The van der Waals surface area contributed by atoms with Crippen molar-refractivity contribution < 1.29 is 22.9 Å². The first-order chi connectivity index (χ1) is 32.6. The minimum Gasteiger partial charge on any atom is -0.474 e. The number of carbonyl (C=O) groups is 1. The number of anilines is 2. The summed E-state index contributed by atoms with van der Waals surface area (Å²) in [7, 11) is -4.77. The highest BCUT2D eigenvalue weighted by Gasteiger charge is 2.50. The molecule has 4 aromatic heterocycles. The van der Waals surface area contributed by atoms with Gasteiger partial charge in [0.15, 0.2) is 10.7 Å². The van der Waals surface area contributed by atoms with Gasteiger partial charge >= 0.3 is 5.69 Å². The predicted octanol–water partition coefficient (Wildman–Crippen LogP) is 8.20. The number of carbonyl (C=O) groups excluding carboxylic acids is 1. The molecule has 2 atom stereocenters. The summed E-state index contributed by atoms with van der Waals surface area (Å²) in [5.74, 6) is -0.454. The fourth-order valence-corrected chi connectivity index (χ4v) is 12.3. The minimum atomic E-state index is -4.77. The third-order valence-electron chi connectivity index (χ3n) is 14.9. The van der Waals surface area contributed by atoms with E-state index in [1.807, 2.05) is 54.6 Å². The molecule has 2 aliphatic carbocycles. The average Bonchev–Trinajstić information content (AvgIpc) is 3.66. The fourth-order valence-electron chi connectivity index (χ4n) is 11.3. The van der Waals surface area contributed by atoms with Gasteiger partial charge in [0, 0.05) is 42.4 Å². The summed E-state index contributed by atoms with van der Waals surface area (Å²) in [6, 6.07) is 29.6. The molecule has 17 heteroatoms. The van der Waals surface area contributed by atoms with Crippen molar-refractivity contribution in [2.75, 3.05) is 36.5 Å². The van der Waals surface area contributed by atoms with E-state index in [0.717, 1.165) is 54.6 Å². The van der Waals surface area contributed by atoms with Crippen molar-refractivity contribution in [1.29, 1.82) is 0 Å². The van der Waals surface area contributed by atoms with Gasteiger partial charge in [0.05, 0.1) is 40.0 Å². The topological polar surface area (TPSA) is 194 Å². The van der Waals surface area contributed by atoms with Gasteiger partial charge in [-0.15, -0.1) is 0 Å². The number of pyridine rings is 2. The zero-order chi connectivity index (χ0) is 45.4. The Hall–Kier alpha value is -6.85. The van der Waals surface area contributed by atoms with Crippen molar-refractivity contribution in [3.63, 3.8) is 0 Å². The standard InChI is InChI=1S/C50H50N10O6S/c61-48(56-67(64,65)45-26-44(60(62)63)46-49(55-45)66-30-34(53-46)23-31-7-2-1-3-8-31)39-15-14-35(25-42(39)59-43-24-33-16-19-51-47(33)54-40(43)29-52-59)57-21-17-50(18-22-57)27-36(28-50)58-20-6-11-41(58)38-10-5-4-9-37(38)32-12-13-32/h1-5,7-10,14-16,19,24-26,29,32,34,36,41,53H,6,11-13,17-18,20-23,27-28,30H2,(H,51,54)(H,56,61)/t34-,41-/m0/s1. The number of sulfonamides is 1. The molecule has 7 aromatic rings. The van der Waals surface area contributed by atoms with Crippen LogP contribution in [-0.4, -0.2) is 87.2 Å². The lowest BCUT2D eigenvalue weighted by atomic mass is 9.59. The van der Waals surface area contributed by atoms with Crippen molar-refractivity contribution in [2.24, 2.45) is 5.41 Å². The molecule has 3 N–H and O–H groups in total. The largest absolute Gasteiger partial charge is 0.474 e. The maximum Gasteiger partial charge on any atom is 0.300 e. The average molecular weight is 919 g/mol. The maximum atomic E-state index is 14.3. The normalized spacial score (nSPS) is 20.6. The van der Waals surface area contributed by atoms with Crippen LogP contribution in [-0.2, 0) is 16.4 Å². The molecule has 2 saturated heterocycles. The number of ether oxygens (including phenoxy) is 1. The van der Waals surface area contributed by atoms with E-state index in [4.69, 9.17) is 9.72 Å². The predicted molar refractivity (Wildman–Crippen MR) is 253 cm³/mol. The number of likely N-dealkylation sites (tertiary alicyclic amines) is 1. The van der Waals surface area contributed by atoms with E-state index in [1.54, 1.807) is 34.3 Å². The highest BCUT2D eigenvalue weighted by Crippen LogP contribution is 2.55. The number of nitro groups is 1. The Morgan fingerprint density at radius 2 is 1.72 bits per heavy atom. The molecular formula is C50H50N10O6S. The smallest absolute Gasteiger partial charge is 0.300 e. The Labute approximate surface area is 386 Å². The van der Waals surface area contributed by atoms with Crippen LogP contribution < -0.4 is 19.7 Å². The first-order valence-corrected chi connectivity index (χ1v) is 24.8. The van der Waals surface area contributed by atoms with Gasteiger partial charge in [-0.1, -0.05) is 54.6 Å². The summed E-state index contributed by atoms with van der Waals surface area (Å²) < 4.78 is 37.6. The number of piperidine rings is 1. The van der Waals surface area contributed by atoms with Gasteiger partial charge in [-0.05, 0) is 123 Å². The number of benzene rings is 3. The number of amides is 1. The number of hydrogen-bond donors (Lipinski definition) is 3. The molecule has 3 aliphatic heterocycles. The van der Waals surface area contributed by atoms with E-state index in [1.165, 1.54) is 45.1 Å². The van der Waals surface area contributed by atoms with Crippen LogP contribution in [0.15, 0.2) is 108 Å². The quantitative estimate of drug-likeness (QED) is 0.0833. The van der Waals surface area contributed by atoms with Crippen LogP contribution in [0, 0.1) is 15.5 Å². The summed E-state index contributed by atoms with van der Waals surface area (Å²) in [6.45, 7) is 2.95. The van der Waals surface area contributed by atoms with Crippen LogP contribution in [0.3, 0.4) is 0 Å². The van der Waals surface area contributed by atoms with Gasteiger partial charge < -0.3 is 19.9 Å². The molecule has 3 aromatic carbocycles. The Bertz CT molecular complexity index is 3190. The van der Waals surface area contributed by atoms with Gasteiger partial charge in [0.1, 0.15) is 17.8 Å². The second kappa shape index (κ2) is 16.2. The highest BCUT2D eigenvalue weighted by atomic mass is 32.2. The number of rotatable bonds is 11. The Morgan fingerprint density at radius 3 is 2.51 bits per heavy atom. The fraction of sp³-hybridized carbons (Fsp3) is 0.360. The van der Waals surface area contributed by atoms with Crippen molar-refractivity contribution >= 4 is 55.1 Å². The van der Waals surface area contributed by atoms with E-state index in [-0.39, 0.29) is 29.8 Å². The molecule has 12 rings (SSSR count). The molecule has 67 heavy (non-hydrogen) atoms. The van der Waals surface area contributed by atoms with Crippen LogP contribution in [0.5, 0.6) is 5.88 Å². The number of H-pyrrole nitrogens is 1. The van der Waals surface area contributed by atoms with Gasteiger partial charge in [0.25, 0.3) is 15.9 Å². The second-order valence-corrected chi connectivity index (χ2v) is 20.7. The maximum absolute atomic E-state index is 14.3. The van der Waals surface area contributed by atoms with Gasteiger partial charge in [-0.2, -0.15) is 18.5 Å². The molecular weight excluding hydrogens is 869 g/mol. The van der Waals surface area contributed by atoms with Crippen LogP contribution in [0.1, 0.15) is 90.4 Å². The third-order valence-corrected chi connectivity index (χ3v) is 16.1. The van der Waals surface area contributed by atoms with E-state index in [9.17, 15) is 23.3 Å². The number of hydrogen-bond acceptors (Lipinski definition) is 12. The van der Waals surface area contributed by atoms with Gasteiger partial charge in [-0.3, -0.25) is 19.8 Å². The van der Waals surface area contributed by atoms with Crippen molar-refractivity contribution in [3.8, 4) is 11.6 Å². The van der Waals surface area contributed by atoms with Crippen molar-refractivity contribution in [1.82, 2.24) is 34.4 Å². The summed E-state index contributed by atoms with van der Waals surface area (Å²) in [4.78, 5) is 43.2. The Kier molecular flexibility index (Phi) is 10.0. The summed E-state index contributed by atoms with van der Waals surface area (Å²) in [5, 5.41) is 20.3. The summed E-state index contributed by atoms with van der Waals surface area (Å²) in [6.07, 6.45) is 13.6. The second-order valence-electron chi connectivity index (χ2n) is 19.1. The van der Waals surface area contributed by atoms with Crippen molar-refractivity contribution in [2.45, 2.75) is 86.9 Å². The number of fused-ring (bicyclic) bond motifs is 3. The molecule has 2 saturated carbocycles. The molecule has 16 nitrogen and oxygen atoms in total. The van der Waals surface area contributed by atoms with Crippen LogP contribution in [0.4, 0.5) is 17.1 Å². The number of aromatic nitrogens is 5. The van der Waals surface area contributed by atoms with Crippen LogP contribution in [0.2, 0.25) is 0 Å². The van der Waals surface area contributed by atoms with E-state index < -0.39 is 31.6 Å². The van der Waals surface area contributed by atoms with E-state index in [2.05, 4.69) is 59.2 Å². The monoisotopic (exact) mass is 918 g/mol. The minimum absolute atomic E-state index is 0.0256. The zero-order valence-corrected chi connectivity index (χ0v) is 37.6. The third kappa shape index (κ3) is 7.63. The Morgan fingerprint density at radius 1 is 0.925 bits per heavy atom. The summed E-state index contributed by atoms with van der Waals surface area (Å²) >= 11 is 0. The molecule has 7 heterocycles. The number of nitrogens with zero attached hydrogens (tertiary/aromatic N) is 7. The van der Waals surface area contributed by atoms with Crippen LogP contribution >= 0.6 is 0 Å². The van der Waals surface area contributed by atoms with E-state index in [0.29, 0.717) is 46.3 Å². The lowest BCUT2D eigenvalue weighted by Gasteiger charge is -2.56. The molecule has 0 bridgehead atoms. The number of aromatic amines is 1. The zero-order valence-electron chi connectivity index (χ0n) is 36.8. The molecule has 0 radical (unpaired) electrons. The number of nitrogens with one attached hydrogen (secondary N) is 3. The van der Waals surface area contributed by atoms with Gasteiger partial charge in [-0.25, -0.2) is 14.4 Å². The molecule has 1 amide bonds. The van der Waals surface area contributed by atoms with Gasteiger partial charge in [0.2, 0.25) is 5.88 Å². The molecule has 342 valence electrons. The molecule has 1 spiro atoms. The first kappa shape index (κ1) is 41.6. The first-order valence-electron chi connectivity index (χ1n) is 23.3. The molecule has 4 fully saturated rings. The van der Waals surface area contributed by atoms with Crippen molar-refractivity contribution in [3.05, 3.63) is 136 Å². The lowest BCUT2D eigenvalue weighted by Crippen LogP contribution is -2.55. The summed E-state index contributed by atoms with van der Waals surface area (Å²) in [5.41, 5.74) is 7.03. The molecule has 0 unspecified atom stereocenters. The molecule has 5 aliphatic rings. The van der Waals surface area contributed by atoms with Crippen LogP contribution in [0.25, 0.3) is 27.8 Å². The lowest BCUT2D eigenvalue weighted by molar-refractivity contribution is -0.384. The SMILES string of the molecule is O=C(NS(=O)(=O)c1cc([N+](=O)[O-])c2c(n1)OC[C@H](Cc1ccccc1)N2)c1ccc(N2CCC3(CC2)CC(N2CCC[C@H]2c2ccccc2C2CC2)C3)cc1-n1ncc2nc3[nH]ccc3cc21. The van der Waals surface area contributed by atoms with E-state index >= 15 is 0 Å². The highest BCUT2D eigenvalue weighted by molar-refractivity contribution is 7.90.